The van der Waals surface area contributed by atoms with Gasteiger partial charge in [0.25, 0.3) is 0 Å². The highest BCUT2D eigenvalue weighted by Gasteiger charge is 1.92. The van der Waals surface area contributed by atoms with E-state index in [0.717, 1.165) is 5.56 Å². The molecule has 0 fully saturated rings. The fourth-order valence-electron chi connectivity index (χ4n) is 1.06. The van der Waals surface area contributed by atoms with E-state index in [0.29, 0.717) is 18.8 Å². The lowest BCUT2D eigenvalue weighted by Gasteiger charge is -2.02. The Kier molecular flexibility index (Phi) is 5.60. The molecule has 0 amide bonds. The molecule has 0 aliphatic rings. The van der Waals surface area contributed by atoms with E-state index < -0.39 is 0 Å². The van der Waals surface area contributed by atoms with Gasteiger partial charge in [-0.05, 0) is 29.8 Å². The van der Waals surface area contributed by atoms with Crippen LogP contribution in [0.1, 0.15) is 12.0 Å². The van der Waals surface area contributed by atoms with E-state index in [9.17, 15) is 0 Å². The summed E-state index contributed by atoms with van der Waals surface area (Å²) in [5.74, 6) is 6.28. The van der Waals surface area contributed by atoms with Crippen LogP contribution in [0, 0.1) is 23.2 Å². The van der Waals surface area contributed by atoms with Gasteiger partial charge in [-0.1, -0.05) is 17.0 Å². The first-order chi connectivity index (χ1) is 8.36. The third kappa shape index (κ3) is 5.13. The molecular formula is C12H10N4O. The number of nitriles is 1. The summed E-state index contributed by atoms with van der Waals surface area (Å²) in [5.41, 5.74) is 8.88. The quantitative estimate of drug-likeness (QED) is 0.260. The lowest BCUT2D eigenvalue weighted by Crippen LogP contribution is -1.95. The third-order valence-corrected chi connectivity index (χ3v) is 1.78. The molecule has 0 radical (unpaired) electrons. The zero-order chi connectivity index (χ0) is 12.3. The molecule has 0 bridgehead atoms. The van der Waals surface area contributed by atoms with Crippen LogP contribution in [-0.2, 0) is 0 Å². The van der Waals surface area contributed by atoms with Crippen molar-refractivity contribution >= 4 is 0 Å². The van der Waals surface area contributed by atoms with E-state index in [1.165, 1.54) is 0 Å². The topological polar surface area (TPSA) is 81.8 Å². The number of ether oxygens (including phenoxy) is 1. The van der Waals surface area contributed by atoms with Gasteiger partial charge in [0.1, 0.15) is 12.4 Å². The molecule has 0 saturated carbocycles. The number of rotatable bonds is 4. The van der Waals surface area contributed by atoms with Gasteiger partial charge in [0.15, 0.2) is 0 Å². The zero-order valence-corrected chi connectivity index (χ0v) is 9.13. The summed E-state index contributed by atoms with van der Waals surface area (Å²) in [4.78, 5) is 2.60. The first-order valence-electron chi connectivity index (χ1n) is 4.96. The minimum Gasteiger partial charge on any atom is -0.493 e. The molecule has 1 aromatic carbocycles. The standard InChI is InChI=1S/C12H10N4O/c13-8-2-10-17-12-6-4-11(5-7-12)3-1-9-15-16-14/h4-7H,2,9-10H2. The molecule has 0 saturated heterocycles. The Labute approximate surface area is 99.3 Å². The van der Waals surface area contributed by atoms with Crippen LogP contribution in [-0.4, -0.2) is 13.2 Å². The maximum Gasteiger partial charge on any atom is 0.119 e. The summed E-state index contributed by atoms with van der Waals surface area (Å²) in [6.07, 6.45) is 0.369. The summed E-state index contributed by atoms with van der Waals surface area (Å²) in [6.45, 7) is 0.551. The van der Waals surface area contributed by atoms with E-state index in [1.807, 2.05) is 18.2 Å². The Morgan fingerprint density at radius 3 is 2.76 bits per heavy atom. The molecule has 0 N–H and O–H groups in total. The molecule has 0 aromatic heterocycles. The van der Waals surface area contributed by atoms with E-state index >= 15 is 0 Å². The van der Waals surface area contributed by atoms with Crippen molar-refractivity contribution in [3.63, 3.8) is 0 Å². The molecule has 0 aliphatic heterocycles. The van der Waals surface area contributed by atoms with Gasteiger partial charge in [-0.15, -0.1) is 0 Å². The molecule has 0 atom stereocenters. The first kappa shape index (κ1) is 12.4. The lowest BCUT2D eigenvalue weighted by molar-refractivity contribution is 0.326. The molecule has 5 nitrogen and oxygen atoms in total. The van der Waals surface area contributed by atoms with Crippen molar-refractivity contribution in [3.8, 4) is 23.7 Å². The van der Waals surface area contributed by atoms with Crippen LogP contribution in [0.25, 0.3) is 10.4 Å². The van der Waals surface area contributed by atoms with Gasteiger partial charge < -0.3 is 4.74 Å². The number of nitrogens with zero attached hydrogens (tertiary/aromatic N) is 4. The van der Waals surface area contributed by atoms with Crippen LogP contribution in [0.15, 0.2) is 29.4 Å². The highest BCUT2D eigenvalue weighted by atomic mass is 16.5. The second kappa shape index (κ2) is 7.64. The molecule has 0 aliphatic carbocycles. The predicted octanol–water partition coefficient (Wildman–Crippen LogP) is 2.64. The summed E-state index contributed by atoms with van der Waals surface area (Å²) in [5, 5.41) is 11.7. The van der Waals surface area contributed by atoms with Crippen molar-refractivity contribution < 1.29 is 4.74 Å². The van der Waals surface area contributed by atoms with Crippen molar-refractivity contribution in [1.29, 1.82) is 5.26 Å². The highest BCUT2D eigenvalue weighted by molar-refractivity contribution is 5.38. The van der Waals surface area contributed by atoms with E-state index in [2.05, 4.69) is 21.9 Å². The summed E-state index contributed by atoms with van der Waals surface area (Å²) in [7, 11) is 0. The Morgan fingerprint density at radius 2 is 2.12 bits per heavy atom. The maximum atomic E-state index is 8.35. The second-order valence-corrected chi connectivity index (χ2v) is 2.97. The molecule has 0 heterocycles. The number of azide groups is 1. The van der Waals surface area contributed by atoms with Crippen LogP contribution < -0.4 is 4.74 Å². The summed E-state index contributed by atoms with van der Waals surface area (Å²) in [6, 6.07) is 9.20. The minimum absolute atomic E-state index is 0.164. The largest absolute Gasteiger partial charge is 0.493 e. The van der Waals surface area contributed by atoms with Gasteiger partial charge in [0.2, 0.25) is 0 Å². The Hall–Kier alpha value is -2.62. The van der Waals surface area contributed by atoms with E-state index in [1.54, 1.807) is 12.1 Å². The second-order valence-electron chi connectivity index (χ2n) is 2.97. The van der Waals surface area contributed by atoms with Crippen LogP contribution in [0.4, 0.5) is 0 Å². The molecule has 1 aromatic rings. The van der Waals surface area contributed by atoms with Gasteiger partial charge in [-0.2, -0.15) is 5.26 Å². The smallest absolute Gasteiger partial charge is 0.119 e. The first-order valence-corrected chi connectivity index (χ1v) is 4.96. The molecule has 5 heteroatoms. The van der Waals surface area contributed by atoms with Crippen molar-refractivity contribution in [3.05, 3.63) is 40.3 Å². The molecule has 0 unspecified atom stereocenters. The molecule has 17 heavy (non-hydrogen) atoms. The fraction of sp³-hybridized carbons (Fsp3) is 0.250. The summed E-state index contributed by atoms with van der Waals surface area (Å²) < 4.78 is 5.31. The van der Waals surface area contributed by atoms with Crippen LogP contribution in [0.3, 0.4) is 0 Å². The minimum atomic E-state index is 0.164. The monoisotopic (exact) mass is 226 g/mol. The number of hydrogen-bond acceptors (Lipinski definition) is 3. The van der Waals surface area contributed by atoms with Crippen molar-refractivity contribution in [2.75, 3.05) is 13.2 Å². The average molecular weight is 226 g/mol. The van der Waals surface area contributed by atoms with E-state index in [4.69, 9.17) is 15.5 Å². The van der Waals surface area contributed by atoms with Crippen molar-refractivity contribution in [2.24, 2.45) is 5.11 Å². The van der Waals surface area contributed by atoms with Gasteiger partial charge in [0.05, 0.1) is 19.0 Å². The van der Waals surface area contributed by atoms with Gasteiger partial charge >= 0.3 is 0 Å². The third-order valence-electron chi connectivity index (χ3n) is 1.78. The normalized spacial score (nSPS) is 8.18. The molecule has 84 valence electrons. The van der Waals surface area contributed by atoms with Crippen LogP contribution in [0.5, 0.6) is 5.75 Å². The zero-order valence-electron chi connectivity index (χ0n) is 9.13. The van der Waals surface area contributed by atoms with Crippen LogP contribution in [0.2, 0.25) is 0 Å². The van der Waals surface area contributed by atoms with Crippen LogP contribution >= 0.6 is 0 Å². The molecule has 0 spiro atoms. The van der Waals surface area contributed by atoms with Crippen molar-refractivity contribution in [1.82, 2.24) is 0 Å². The van der Waals surface area contributed by atoms with Crippen molar-refractivity contribution in [2.45, 2.75) is 6.42 Å². The Bertz CT molecular complexity index is 498. The number of hydrogen-bond donors (Lipinski definition) is 0. The summed E-state index contributed by atoms with van der Waals surface area (Å²) >= 11 is 0. The fourth-order valence-corrected chi connectivity index (χ4v) is 1.06. The van der Waals surface area contributed by atoms with Gasteiger partial charge in [0, 0.05) is 10.5 Å². The SMILES string of the molecule is N#CCCOc1ccc(C#CCN=[N+]=[N-])cc1. The van der Waals surface area contributed by atoms with Gasteiger partial charge in [-0.3, -0.25) is 0 Å². The van der Waals surface area contributed by atoms with Gasteiger partial charge in [-0.25, -0.2) is 0 Å². The molecule has 1 rings (SSSR count). The van der Waals surface area contributed by atoms with E-state index in [-0.39, 0.29) is 6.54 Å². The Morgan fingerprint density at radius 1 is 1.35 bits per heavy atom. The molecular weight excluding hydrogens is 216 g/mol. The lowest BCUT2D eigenvalue weighted by atomic mass is 10.2. The average Bonchev–Trinajstić information content (AvgIpc) is 2.37. The maximum absolute atomic E-state index is 8.35. The highest BCUT2D eigenvalue weighted by Crippen LogP contribution is 2.11. The Balaban J connectivity index is 2.52. The number of benzene rings is 1. The predicted molar refractivity (Wildman–Crippen MR) is 63.1 cm³/mol.